The largest absolute Gasteiger partial charge is 0.257 e. The first-order valence-corrected chi connectivity index (χ1v) is 4.51. The molecule has 0 radical (unpaired) electrons. The predicted octanol–water partition coefficient (Wildman–Crippen LogP) is 3.03. The molecule has 0 amide bonds. The van der Waals surface area contributed by atoms with E-state index in [1.54, 1.807) is 0 Å². The molecule has 0 spiro atoms. The first kappa shape index (κ1) is 9.27. The average Bonchev–Trinajstić information content (AvgIpc) is 2.05. The van der Waals surface area contributed by atoms with E-state index in [1.807, 2.05) is 30.5 Å². The second kappa shape index (κ2) is 4.94. The number of aromatic nitrogens is 1. The first-order valence-electron chi connectivity index (χ1n) is 3.98. The van der Waals surface area contributed by atoms with Crippen LogP contribution in [-0.2, 0) is 0 Å². The number of rotatable bonds is 3. The van der Waals surface area contributed by atoms with Crippen molar-refractivity contribution in [3.05, 3.63) is 35.7 Å². The van der Waals surface area contributed by atoms with Crippen LogP contribution in [0.3, 0.4) is 0 Å². The Hall–Kier alpha value is -0.820. The highest BCUT2D eigenvalue weighted by Gasteiger charge is 1.87. The summed E-state index contributed by atoms with van der Waals surface area (Å²) in [4.78, 5) is 4.18. The van der Waals surface area contributed by atoms with Crippen LogP contribution in [0, 0.1) is 6.92 Å². The van der Waals surface area contributed by atoms with Crippen molar-refractivity contribution < 1.29 is 0 Å². The number of hydrogen-bond acceptors (Lipinski definition) is 1. The van der Waals surface area contributed by atoms with Gasteiger partial charge in [0.15, 0.2) is 0 Å². The van der Waals surface area contributed by atoms with Crippen LogP contribution in [0.2, 0.25) is 0 Å². The summed E-state index contributed by atoms with van der Waals surface area (Å²) in [5.74, 6) is 0.669. The van der Waals surface area contributed by atoms with Crippen LogP contribution in [0.15, 0.2) is 24.4 Å². The molecule has 1 aromatic rings. The van der Waals surface area contributed by atoms with Gasteiger partial charge in [0.1, 0.15) is 0 Å². The molecule has 2 heteroatoms. The Morgan fingerprint density at radius 3 is 3.08 bits per heavy atom. The highest BCUT2D eigenvalue weighted by molar-refractivity contribution is 6.17. The number of halogens is 1. The molecule has 0 N–H and O–H groups in total. The van der Waals surface area contributed by atoms with E-state index in [0.29, 0.717) is 5.88 Å². The molecule has 0 saturated heterocycles. The predicted molar refractivity (Wildman–Crippen MR) is 53.3 cm³/mol. The lowest BCUT2D eigenvalue weighted by Gasteiger charge is -1.93. The zero-order chi connectivity index (χ0) is 8.81. The summed E-state index contributed by atoms with van der Waals surface area (Å²) in [6.07, 6.45) is 6.75. The van der Waals surface area contributed by atoms with Gasteiger partial charge in [-0.15, -0.1) is 11.6 Å². The van der Waals surface area contributed by atoms with E-state index >= 15 is 0 Å². The summed E-state index contributed by atoms with van der Waals surface area (Å²) >= 11 is 5.53. The summed E-state index contributed by atoms with van der Waals surface area (Å²) in [5, 5.41) is 0. The molecule has 1 heterocycles. The Balaban J connectivity index is 2.63. The van der Waals surface area contributed by atoms with Crippen LogP contribution in [0.25, 0.3) is 6.08 Å². The van der Waals surface area contributed by atoms with Gasteiger partial charge in [-0.2, -0.15) is 0 Å². The first-order chi connectivity index (χ1) is 5.83. The number of allylic oxidation sites excluding steroid dienone is 1. The maximum atomic E-state index is 5.53. The molecule has 0 bridgehead atoms. The quantitative estimate of drug-likeness (QED) is 0.654. The SMILES string of the molecule is Cc1ccnc(C=CCCCl)c1. The monoisotopic (exact) mass is 181 g/mol. The van der Waals surface area contributed by atoms with E-state index in [-0.39, 0.29) is 0 Å². The molecule has 0 aliphatic heterocycles. The summed E-state index contributed by atoms with van der Waals surface area (Å²) in [6, 6.07) is 4.03. The minimum atomic E-state index is 0.669. The van der Waals surface area contributed by atoms with E-state index in [9.17, 15) is 0 Å². The van der Waals surface area contributed by atoms with Crippen LogP contribution in [-0.4, -0.2) is 10.9 Å². The lowest BCUT2D eigenvalue weighted by atomic mass is 10.2. The summed E-state index contributed by atoms with van der Waals surface area (Å²) in [6.45, 7) is 2.06. The number of pyridine rings is 1. The van der Waals surface area contributed by atoms with E-state index in [0.717, 1.165) is 12.1 Å². The third-order valence-electron chi connectivity index (χ3n) is 1.50. The van der Waals surface area contributed by atoms with Crippen molar-refractivity contribution in [3.63, 3.8) is 0 Å². The normalized spacial score (nSPS) is 10.8. The smallest absolute Gasteiger partial charge is 0.0629 e. The molecule has 1 aromatic heterocycles. The van der Waals surface area contributed by atoms with Crippen LogP contribution in [0.5, 0.6) is 0 Å². The minimum Gasteiger partial charge on any atom is -0.257 e. The van der Waals surface area contributed by atoms with Gasteiger partial charge in [-0.05, 0) is 37.1 Å². The molecule has 64 valence electrons. The molecule has 1 rings (SSSR count). The van der Waals surface area contributed by atoms with Crippen molar-refractivity contribution in [2.45, 2.75) is 13.3 Å². The van der Waals surface area contributed by atoms with Crippen molar-refractivity contribution in [1.29, 1.82) is 0 Å². The Bertz CT molecular complexity index is 268. The molecule has 0 saturated carbocycles. The molecule has 0 aliphatic carbocycles. The maximum absolute atomic E-state index is 5.53. The fourth-order valence-electron chi connectivity index (χ4n) is 0.918. The number of aryl methyl sites for hydroxylation is 1. The van der Waals surface area contributed by atoms with Crippen molar-refractivity contribution in [3.8, 4) is 0 Å². The lowest BCUT2D eigenvalue weighted by Crippen LogP contribution is -1.80. The van der Waals surface area contributed by atoms with E-state index < -0.39 is 0 Å². The van der Waals surface area contributed by atoms with Crippen LogP contribution in [0.1, 0.15) is 17.7 Å². The van der Waals surface area contributed by atoms with Crippen molar-refractivity contribution in [2.75, 3.05) is 5.88 Å². The number of nitrogens with zero attached hydrogens (tertiary/aromatic N) is 1. The molecule has 0 unspecified atom stereocenters. The Morgan fingerprint density at radius 1 is 1.58 bits per heavy atom. The summed E-state index contributed by atoms with van der Waals surface area (Å²) in [5.41, 5.74) is 2.23. The average molecular weight is 182 g/mol. The van der Waals surface area contributed by atoms with E-state index in [4.69, 9.17) is 11.6 Å². The molecule has 0 fully saturated rings. The van der Waals surface area contributed by atoms with Crippen molar-refractivity contribution >= 4 is 17.7 Å². The van der Waals surface area contributed by atoms with Gasteiger partial charge in [-0.1, -0.05) is 6.08 Å². The fraction of sp³-hybridized carbons (Fsp3) is 0.300. The molecule has 12 heavy (non-hydrogen) atoms. The highest BCUT2D eigenvalue weighted by atomic mass is 35.5. The maximum Gasteiger partial charge on any atom is 0.0629 e. The molecule has 0 atom stereocenters. The van der Waals surface area contributed by atoms with Crippen molar-refractivity contribution in [1.82, 2.24) is 4.98 Å². The number of hydrogen-bond donors (Lipinski definition) is 0. The Labute approximate surface area is 78.1 Å². The minimum absolute atomic E-state index is 0.669. The summed E-state index contributed by atoms with van der Waals surface area (Å²) < 4.78 is 0. The number of alkyl halides is 1. The van der Waals surface area contributed by atoms with Crippen LogP contribution >= 0.6 is 11.6 Å². The zero-order valence-corrected chi connectivity index (χ0v) is 7.88. The van der Waals surface area contributed by atoms with Crippen LogP contribution < -0.4 is 0 Å². The van der Waals surface area contributed by atoms with E-state index in [2.05, 4.69) is 11.9 Å². The Morgan fingerprint density at radius 2 is 2.42 bits per heavy atom. The second-order valence-corrected chi connectivity index (χ2v) is 3.02. The van der Waals surface area contributed by atoms with Gasteiger partial charge in [-0.3, -0.25) is 4.98 Å². The third kappa shape index (κ3) is 3.05. The summed E-state index contributed by atoms with van der Waals surface area (Å²) in [7, 11) is 0. The van der Waals surface area contributed by atoms with Gasteiger partial charge in [0.05, 0.1) is 5.69 Å². The van der Waals surface area contributed by atoms with Gasteiger partial charge < -0.3 is 0 Å². The molecule has 1 nitrogen and oxygen atoms in total. The fourth-order valence-corrected chi connectivity index (χ4v) is 1.04. The lowest BCUT2D eigenvalue weighted by molar-refractivity contribution is 1.22. The second-order valence-electron chi connectivity index (χ2n) is 2.64. The van der Waals surface area contributed by atoms with Gasteiger partial charge in [0.2, 0.25) is 0 Å². The molecule has 0 aliphatic rings. The van der Waals surface area contributed by atoms with Crippen LogP contribution in [0.4, 0.5) is 0 Å². The van der Waals surface area contributed by atoms with E-state index in [1.165, 1.54) is 5.56 Å². The van der Waals surface area contributed by atoms with Gasteiger partial charge in [-0.25, -0.2) is 0 Å². The van der Waals surface area contributed by atoms with Crippen molar-refractivity contribution in [2.24, 2.45) is 0 Å². The standard InChI is InChI=1S/C10H12ClN/c1-9-5-7-12-10(8-9)4-2-3-6-11/h2,4-5,7-8H,3,6H2,1H3. The van der Waals surface area contributed by atoms with Gasteiger partial charge in [0, 0.05) is 12.1 Å². The Kier molecular flexibility index (Phi) is 3.81. The molecule has 0 aromatic carbocycles. The van der Waals surface area contributed by atoms with Gasteiger partial charge >= 0.3 is 0 Å². The highest BCUT2D eigenvalue weighted by Crippen LogP contribution is 2.02. The zero-order valence-electron chi connectivity index (χ0n) is 7.13. The molecular formula is C10H12ClN. The third-order valence-corrected chi connectivity index (χ3v) is 1.72. The van der Waals surface area contributed by atoms with Gasteiger partial charge in [0.25, 0.3) is 0 Å². The molecular weight excluding hydrogens is 170 g/mol. The topological polar surface area (TPSA) is 12.9 Å².